The zero-order valence-corrected chi connectivity index (χ0v) is 11.9. The van der Waals surface area contributed by atoms with E-state index in [1.165, 1.54) is 0 Å². The predicted octanol–water partition coefficient (Wildman–Crippen LogP) is -1.54. The summed E-state index contributed by atoms with van der Waals surface area (Å²) in [7, 11) is 0. The molecule has 21 heavy (non-hydrogen) atoms. The average molecular weight is 304 g/mol. The van der Waals surface area contributed by atoms with Crippen molar-refractivity contribution in [2.45, 2.75) is 31.1 Å². The summed E-state index contributed by atoms with van der Waals surface area (Å²) < 4.78 is 15.1. The number of carboxylic acid groups (broad SMARTS) is 1. The van der Waals surface area contributed by atoms with E-state index in [0.717, 1.165) is 26.4 Å². The maximum absolute atomic E-state index is 10.2. The van der Waals surface area contributed by atoms with Gasteiger partial charge in [-0.1, -0.05) is 0 Å². The van der Waals surface area contributed by atoms with Crippen LogP contribution in [0.4, 0.5) is 0 Å². The molecule has 9 nitrogen and oxygen atoms in total. The number of hydrogen-bond acceptors (Lipinski definition) is 6. The van der Waals surface area contributed by atoms with Gasteiger partial charge in [0.2, 0.25) is 0 Å². The molecule has 0 bridgehead atoms. The molecule has 2 aliphatic rings. The Bertz CT molecular complexity index is 322. The van der Waals surface area contributed by atoms with Gasteiger partial charge in [-0.3, -0.25) is 10.2 Å². The van der Waals surface area contributed by atoms with Crippen molar-refractivity contribution in [1.82, 2.24) is 5.32 Å². The van der Waals surface area contributed by atoms with Crippen LogP contribution in [0.1, 0.15) is 12.8 Å². The zero-order valence-electron chi connectivity index (χ0n) is 11.9. The lowest BCUT2D eigenvalue weighted by atomic mass is 10.2. The Labute approximate surface area is 123 Å². The van der Waals surface area contributed by atoms with E-state index in [9.17, 15) is 4.79 Å². The van der Waals surface area contributed by atoms with Crippen molar-refractivity contribution in [1.29, 1.82) is 5.41 Å². The van der Waals surface area contributed by atoms with Crippen molar-refractivity contribution in [2.24, 2.45) is 11.5 Å². The molecule has 0 aliphatic carbocycles. The highest BCUT2D eigenvalue weighted by Gasteiger charge is 2.26. The van der Waals surface area contributed by atoms with Gasteiger partial charge in [0, 0.05) is 6.54 Å². The first-order chi connectivity index (χ1) is 9.99. The van der Waals surface area contributed by atoms with E-state index >= 15 is 0 Å². The van der Waals surface area contributed by atoms with Crippen molar-refractivity contribution < 1.29 is 24.1 Å². The highest BCUT2D eigenvalue weighted by atomic mass is 16.6. The van der Waals surface area contributed by atoms with E-state index in [1.807, 2.05) is 0 Å². The first-order valence-corrected chi connectivity index (χ1v) is 6.86. The molecule has 0 amide bonds. The Hall–Kier alpha value is -1.42. The summed E-state index contributed by atoms with van der Waals surface area (Å²) in [5, 5.41) is 17.7. The largest absolute Gasteiger partial charge is 0.480 e. The summed E-state index contributed by atoms with van der Waals surface area (Å²) in [4.78, 5) is 10.2. The second kappa shape index (κ2) is 9.50. The van der Waals surface area contributed by atoms with Gasteiger partial charge in [-0.05, 0) is 12.8 Å². The number of rotatable bonds is 9. The van der Waals surface area contributed by atoms with Gasteiger partial charge in [-0.15, -0.1) is 0 Å². The average Bonchev–Trinajstić information content (AvgIpc) is 3.29. The van der Waals surface area contributed by atoms with Crippen molar-refractivity contribution in [3.8, 4) is 0 Å². The molecule has 2 saturated heterocycles. The van der Waals surface area contributed by atoms with Gasteiger partial charge in [-0.2, -0.15) is 0 Å². The normalized spacial score (nSPS) is 23.5. The van der Waals surface area contributed by atoms with Crippen molar-refractivity contribution in [3.63, 3.8) is 0 Å². The Balaban J connectivity index is 0.000000216. The molecule has 2 aliphatic heterocycles. The summed E-state index contributed by atoms with van der Waals surface area (Å²) in [5.74, 6) is -1.11. The van der Waals surface area contributed by atoms with E-state index in [2.05, 4.69) is 5.32 Å². The van der Waals surface area contributed by atoms with E-state index in [4.69, 9.17) is 36.2 Å². The van der Waals surface area contributed by atoms with Crippen LogP contribution in [0.3, 0.4) is 0 Å². The van der Waals surface area contributed by atoms with Gasteiger partial charge in [-0.25, -0.2) is 0 Å². The minimum Gasteiger partial charge on any atom is -0.480 e. The molecule has 2 heterocycles. The molecule has 122 valence electrons. The van der Waals surface area contributed by atoms with Gasteiger partial charge in [0.1, 0.15) is 18.2 Å². The van der Waals surface area contributed by atoms with Crippen LogP contribution in [0.15, 0.2) is 0 Å². The SMILES string of the molecule is C(OCC1CO1)C1CO1.N=C(N)NCCC[C@H](N)C(=O)O. The van der Waals surface area contributed by atoms with E-state index < -0.39 is 12.0 Å². The molecule has 0 spiro atoms. The van der Waals surface area contributed by atoms with E-state index in [0.29, 0.717) is 31.6 Å². The van der Waals surface area contributed by atoms with Crippen LogP contribution in [0.5, 0.6) is 0 Å². The van der Waals surface area contributed by atoms with Crippen LogP contribution in [0.25, 0.3) is 0 Å². The minimum atomic E-state index is -1.00. The second-order valence-corrected chi connectivity index (χ2v) is 4.88. The van der Waals surface area contributed by atoms with E-state index in [1.54, 1.807) is 0 Å². The van der Waals surface area contributed by atoms with Gasteiger partial charge in [0.25, 0.3) is 0 Å². The maximum Gasteiger partial charge on any atom is 0.320 e. The third-order valence-electron chi connectivity index (χ3n) is 2.74. The fraction of sp³-hybridized carbons (Fsp3) is 0.833. The smallest absolute Gasteiger partial charge is 0.320 e. The van der Waals surface area contributed by atoms with Crippen molar-refractivity contribution in [3.05, 3.63) is 0 Å². The molecular weight excluding hydrogens is 280 g/mol. The number of nitrogens with one attached hydrogen (secondary N) is 2. The minimum absolute atomic E-state index is 0.112. The van der Waals surface area contributed by atoms with Crippen LogP contribution in [0.2, 0.25) is 0 Å². The third kappa shape index (κ3) is 11.0. The highest BCUT2D eigenvalue weighted by molar-refractivity contribution is 5.74. The number of carbonyl (C=O) groups is 1. The zero-order chi connectivity index (χ0) is 15.7. The number of carboxylic acids is 1. The van der Waals surface area contributed by atoms with Crippen LogP contribution < -0.4 is 16.8 Å². The number of aliphatic carboxylic acids is 1. The van der Waals surface area contributed by atoms with E-state index in [-0.39, 0.29) is 5.96 Å². The lowest BCUT2D eigenvalue weighted by Gasteiger charge is -2.06. The fourth-order valence-electron chi connectivity index (χ4n) is 1.33. The molecule has 2 rings (SSSR count). The topological polar surface area (TPSA) is 160 Å². The van der Waals surface area contributed by atoms with Crippen molar-refractivity contribution in [2.75, 3.05) is 33.0 Å². The number of hydrogen-bond donors (Lipinski definition) is 5. The Kier molecular flexibility index (Phi) is 7.98. The number of guanidine groups is 1. The number of nitrogens with two attached hydrogens (primary N) is 2. The molecule has 2 unspecified atom stereocenters. The van der Waals surface area contributed by atoms with Gasteiger partial charge in [0.15, 0.2) is 5.96 Å². The molecule has 0 aromatic rings. The first kappa shape index (κ1) is 17.6. The molecule has 0 aromatic carbocycles. The molecule has 0 saturated carbocycles. The van der Waals surface area contributed by atoms with Crippen LogP contribution in [-0.4, -0.2) is 68.3 Å². The summed E-state index contributed by atoms with van der Waals surface area (Å²) in [6.07, 6.45) is 1.76. The highest BCUT2D eigenvalue weighted by Crippen LogP contribution is 2.12. The second-order valence-electron chi connectivity index (χ2n) is 4.88. The standard InChI is InChI=1S/C6H14N4O2.C6H10O3/c7-4(5(11)12)2-1-3-10-6(8)9;1(5-3-8-5)7-2-6-4-9-6/h4H,1-3,7H2,(H,11,12)(H4,8,9,10);5-6H,1-4H2/t4-;/m0./s1. The molecule has 7 N–H and O–H groups in total. The lowest BCUT2D eigenvalue weighted by Crippen LogP contribution is -2.34. The quantitative estimate of drug-likeness (QED) is 0.148. The molecule has 0 aromatic heterocycles. The molecule has 9 heteroatoms. The first-order valence-electron chi connectivity index (χ1n) is 6.86. The third-order valence-corrected chi connectivity index (χ3v) is 2.74. The summed E-state index contributed by atoms with van der Waals surface area (Å²) in [6, 6.07) is -0.821. The summed E-state index contributed by atoms with van der Waals surface area (Å²) in [6.45, 7) is 3.74. The summed E-state index contributed by atoms with van der Waals surface area (Å²) >= 11 is 0. The predicted molar refractivity (Wildman–Crippen MR) is 75.1 cm³/mol. The molecule has 2 fully saturated rings. The maximum atomic E-state index is 10.2. The van der Waals surface area contributed by atoms with Gasteiger partial charge in [0.05, 0.1) is 26.4 Å². The lowest BCUT2D eigenvalue weighted by molar-refractivity contribution is -0.138. The molecule has 3 atom stereocenters. The van der Waals surface area contributed by atoms with Crippen LogP contribution in [0, 0.1) is 5.41 Å². The van der Waals surface area contributed by atoms with Crippen molar-refractivity contribution >= 4 is 11.9 Å². The number of epoxide rings is 2. The fourth-order valence-corrected chi connectivity index (χ4v) is 1.33. The molecular formula is C12H24N4O5. The van der Waals surface area contributed by atoms with Crippen LogP contribution in [-0.2, 0) is 19.0 Å². The summed E-state index contributed by atoms with van der Waals surface area (Å²) in [5.41, 5.74) is 10.2. The van der Waals surface area contributed by atoms with Crippen LogP contribution >= 0.6 is 0 Å². The Morgan fingerprint density at radius 3 is 2.29 bits per heavy atom. The monoisotopic (exact) mass is 304 g/mol. The van der Waals surface area contributed by atoms with Gasteiger partial charge < -0.3 is 36.1 Å². The Morgan fingerprint density at radius 2 is 1.90 bits per heavy atom. The molecule has 0 radical (unpaired) electrons. The van der Waals surface area contributed by atoms with Gasteiger partial charge >= 0.3 is 5.97 Å². The Morgan fingerprint density at radius 1 is 1.38 bits per heavy atom. The number of ether oxygens (including phenoxy) is 3.